The maximum Gasteiger partial charge on any atom is 0.230 e. The van der Waals surface area contributed by atoms with Gasteiger partial charge in [-0.3, -0.25) is 0 Å². The Morgan fingerprint density at radius 1 is 1.08 bits per heavy atom. The second kappa shape index (κ2) is 7.25. The zero-order valence-corrected chi connectivity index (χ0v) is 14.5. The quantitative estimate of drug-likeness (QED) is 0.303. The van der Waals surface area contributed by atoms with Crippen molar-refractivity contribution in [3.8, 4) is 17.4 Å². The van der Waals surface area contributed by atoms with E-state index in [9.17, 15) is 5.21 Å². The zero-order valence-electron chi connectivity index (χ0n) is 14.5. The van der Waals surface area contributed by atoms with E-state index in [-0.39, 0.29) is 12.1 Å². The summed E-state index contributed by atoms with van der Waals surface area (Å²) in [5.41, 5.74) is 0.628. The van der Waals surface area contributed by atoms with Crippen molar-refractivity contribution in [2.45, 2.75) is 25.9 Å². The molecule has 0 radical (unpaired) electrons. The Morgan fingerprint density at radius 3 is 2.32 bits per heavy atom. The third kappa shape index (κ3) is 3.42. The molecule has 6 nitrogen and oxygen atoms in total. The molecule has 0 spiro atoms. The van der Waals surface area contributed by atoms with Gasteiger partial charge in [-0.25, -0.2) is 4.98 Å². The van der Waals surface area contributed by atoms with Crippen LogP contribution in [0.3, 0.4) is 0 Å². The van der Waals surface area contributed by atoms with E-state index in [1.807, 2.05) is 36.9 Å². The van der Waals surface area contributed by atoms with E-state index in [4.69, 9.17) is 9.47 Å². The summed E-state index contributed by atoms with van der Waals surface area (Å²) in [6.45, 7) is 4.09. The molecule has 2 aromatic rings. The number of hydrogen-bond acceptors (Lipinski definition) is 5. The summed E-state index contributed by atoms with van der Waals surface area (Å²) in [6, 6.07) is 11.1. The van der Waals surface area contributed by atoms with Crippen molar-refractivity contribution in [3.63, 3.8) is 0 Å². The summed E-state index contributed by atoms with van der Waals surface area (Å²) in [6.07, 6.45) is 5.80. The molecule has 130 valence electrons. The number of aromatic nitrogens is 1. The number of rotatable bonds is 4. The number of oxime groups is 1. The van der Waals surface area contributed by atoms with Gasteiger partial charge in [0.05, 0.1) is 12.7 Å². The fourth-order valence-electron chi connectivity index (χ4n) is 2.91. The van der Waals surface area contributed by atoms with Crippen LogP contribution in [0.5, 0.6) is 17.4 Å². The number of pyridine rings is 1. The van der Waals surface area contributed by atoms with Gasteiger partial charge in [0.15, 0.2) is 5.84 Å². The van der Waals surface area contributed by atoms with Gasteiger partial charge < -0.3 is 19.6 Å². The van der Waals surface area contributed by atoms with Crippen LogP contribution in [0.15, 0.2) is 59.9 Å². The SMILES string of the molecule is COc1ccc(Oc2ncccc2/C(=N/O)N2C(C)C=CC2C)cc1. The largest absolute Gasteiger partial charge is 0.497 e. The van der Waals surface area contributed by atoms with Crippen LogP contribution in [-0.4, -0.2) is 40.1 Å². The maximum absolute atomic E-state index is 9.65. The molecular formula is C19H21N3O3. The fraction of sp³-hybridized carbons (Fsp3) is 0.263. The predicted octanol–water partition coefficient (Wildman–Crippen LogP) is 3.67. The minimum Gasteiger partial charge on any atom is -0.497 e. The Balaban J connectivity index is 1.92. The molecule has 2 heterocycles. The molecule has 1 aliphatic rings. The zero-order chi connectivity index (χ0) is 17.8. The number of methoxy groups -OCH3 is 1. The molecular weight excluding hydrogens is 318 g/mol. The van der Waals surface area contributed by atoms with Crippen LogP contribution in [0.2, 0.25) is 0 Å². The summed E-state index contributed by atoms with van der Waals surface area (Å²) in [7, 11) is 1.61. The number of hydrogen-bond donors (Lipinski definition) is 1. The molecule has 6 heteroatoms. The van der Waals surface area contributed by atoms with Crippen molar-refractivity contribution in [1.29, 1.82) is 0 Å². The van der Waals surface area contributed by atoms with E-state index >= 15 is 0 Å². The highest BCUT2D eigenvalue weighted by Gasteiger charge is 2.29. The standard InChI is InChI=1S/C19H21N3O3/c1-13-6-7-14(2)22(13)18(21-23)17-5-4-12-20-19(17)25-16-10-8-15(24-3)9-11-16/h4-14,23H,1-3H3/b21-18-. The van der Waals surface area contributed by atoms with E-state index in [0.29, 0.717) is 23.0 Å². The van der Waals surface area contributed by atoms with E-state index in [2.05, 4.69) is 22.3 Å². The van der Waals surface area contributed by atoms with Gasteiger partial charge in [-0.05, 0) is 50.2 Å². The second-order valence-electron chi connectivity index (χ2n) is 5.83. The van der Waals surface area contributed by atoms with Crippen LogP contribution in [-0.2, 0) is 0 Å². The summed E-state index contributed by atoms with van der Waals surface area (Å²) >= 11 is 0. The average molecular weight is 339 g/mol. The molecule has 1 aromatic carbocycles. The van der Waals surface area contributed by atoms with Gasteiger partial charge >= 0.3 is 0 Å². The highest BCUT2D eigenvalue weighted by molar-refractivity contribution is 6.01. The summed E-state index contributed by atoms with van der Waals surface area (Å²) in [5, 5.41) is 13.2. The fourth-order valence-corrected chi connectivity index (χ4v) is 2.91. The van der Waals surface area contributed by atoms with Crippen LogP contribution in [0.25, 0.3) is 0 Å². The highest BCUT2D eigenvalue weighted by atomic mass is 16.5. The molecule has 25 heavy (non-hydrogen) atoms. The molecule has 0 fully saturated rings. The van der Waals surface area contributed by atoms with Crippen molar-refractivity contribution >= 4 is 5.84 Å². The Hall–Kier alpha value is -3.02. The number of ether oxygens (including phenoxy) is 2. The lowest BCUT2D eigenvalue weighted by atomic mass is 10.2. The predicted molar refractivity (Wildman–Crippen MR) is 95.5 cm³/mol. The van der Waals surface area contributed by atoms with Crippen molar-refractivity contribution in [3.05, 3.63) is 60.3 Å². The number of nitrogens with zero attached hydrogens (tertiary/aromatic N) is 3. The van der Waals surface area contributed by atoms with E-state index in [0.717, 1.165) is 5.75 Å². The van der Waals surface area contributed by atoms with Crippen LogP contribution >= 0.6 is 0 Å². The van der Waals surface area contributed by atoms with E-state index < -0.39 is 0 Å². The lowest BCUT2D eigenvalue weighted by Gasteiger charge is -2.29. The van der Waals surface area contributed by atoms with E-state index in [1.54, 1.807) is 31.5 Å². The van der Waals surface area contributed by atoms with Crippen molar-refractivity contribution in [2.75, 3.05) is 7.11 Å². The lowest BCUT2D eigenvalue weighted by molar-refractivity contribution is 0.288. The summed E-state index contributed by atoms with van der Waals surface area (Å²) in [5.74, 6) is 2.18. The lowest BCUT2D eigenvalue weighted by Crippen LogP contribution is -2.40. The van der Waals surface area contributed by atoms with Gasteiger partial charge in [0.1, 0.15) is 11.5 Å². The molecule has 2 unspecified atom stereocenters. The number of amidine groups is 1. The Bertz CT molecular complexity index is 775. The molecule has 1 aromatic heterocycles. The Kier molecular flexibility index (Phi) is 4.88. The first-order chi connectivity index (χ1) is 12.1. The normalized spacial score (nSPS) is 20.0. The first-order valence-corrected chi connectivity index (χ1v) is 8.10. The maximum atomic E-state index is 9.65. The topological polar surface area (TPSA) is 67.2 Å². The van der Waals surface area contributed by atoms with E-state index in [1.165, 1.54) is 0 Å². The first-order valence-electron chi connectivity index (χ1n) is 8.10. The van der Waals surface area contributed by atoms with Gasteiger partial charge in [0, 0.05) is 18.3 Å². The molecule has 0 bridgehead atoms. The van der Waals surface area contributed by atoms with Crippen LogP contribution in [0.4, 0.5) is 0 Å². The molecule has 3 rings (SSSR count). The summed E-state index contributed by atoms with van der Waals surface area (Å²) in [4.78, 5) is 6.33. The minimum atomic E-state index is 0.120. The number of benzene rings is 1. The third-order valence-electron chi connectivity index (χ3n) is 4.17. The van der Waals surface area contributed by atoms with Crippen LogP contribution < -0.4 is 9.47 Å². The van der Waals surface area contributed by atoms with Crippen LogP contribution in [0, 0.1) is 0 Å². The smallest absolute Gasteiger partial charge is 0.230 e. The third-order valence-corrected chi connectivity index (χ3v) is 4.17. The molecule has 1 aliphatic heterocycles. The first kappa shape index (κ1) is 16.8. The van der Waals surface area contributed by atoms with Crippen molar-refractivity contribution in [2.24, 2.45) is 5.16 Å². The molecule has 0 saturated carbocycles. The van der Waals surface area contributed by atoms with Gasteiger partial charge in [-0.2, -0.15) is 0 Å². The monoisotopic (exact) mass is 339 g/mol. The van der Waals surface area contributed by atoms with Crippen LogP contribution in [0.1, 0.15) is 19.4 Å². The molecule has 0 aliphatic carbocycles. The van der Waals surface area contributed by atoms with Gasteiger partial charge in [-0.15, -0.1) is 0 Å². The Morgan fingerprint density at radius 2 is 1.72 bits per heavy atom. The van der Waals surface area contributed by atoms with Crippen molar-refractivity contribution < 1.29 is 14.7 Å². The highest BCUT2D eigenvalue weighted by Crippen LogP contribution is 2.28. The molecule has 2 atom stereocenters. The second-order valence-corrected chi connectivity index (χ2v) is 5.83. The Labute approximate surface area is 147 Å². The van der Waals surface area contributed by atoms with Gasteiger partial charge in [0.25, 0.3) is 0 Å². The van der Waals surface area contributed by atoms with Gasteiger partial charge in [0.2, 0.25) is 5.88 Å². The molecule has 1 N–H and O–H groups in total. The minimum absolute atomic E-state index is 0.120. The van der Waals surface area contributed by atoms with Gasteiger partial charge in [-0.1, -0.05) is 17.3 Å². The molecule has 0 saturated heterocycles. The average Bonchev–Trinajstić information content (AvgIpc) is 2.97. The van der Waals surface area contributed by atoms with Crippen molar-refractivity contribution in [1.82, 2.24) is 9.88 Å². The molecule has 0 amide bonds. The summed E-state index contributed by atoms with van der Waals surface area (Å²) < 4.78 is 11.1.